The van der Waals surface area contributed by atoms with Crippen molar-refractivity contribution in [2.24, 2.45) is 17.4 Å². The lowest BCUT2D eigenvalue weighted by molar-refractivity contribution is -0.151. The Kier molecular flexibility index (Phi) is 5.50. The number of aliphatic carboxylic acids is 2. The molecule has 2 unspecified atom stereocenters. The second-order valence-electron chi connectivity index (χ2n) is 3.12. The quantitative estimate of drug-likeness (QED) is 0.377. The van der Waals surface area contributed by atoms with Gasteiger partial charge in [-0.2, -0.15) is 0 Å². The minimum absolute atomic E-state index is 0.107. The van der Waals surface area contributed by atoms with Gasteiger partial charge in [0, 0.05) is 5.92 Å². The Hall–Kier alpha value is -1.47. The van der Waals surface area contributed by atoms with Crippen molar-refractivity contribution in [1.29, 1.82) is 0 Å². The van der Waals surface area contributed by atoms with E-state index in [0.717, 1.165) is 0 Å². The van der Waals surface area contributed by atoms with E-state index in [-0.39, 0.29) is 19.4 Å². The summed E-state index contributed by atoms with van der Waals surface area (Å²) in [4.78, 5) is 31.9. The predicted octanol–water partition coefficient (Wildman–Crippen LogP) is -1.59. The van der Waals surface area contributed by atoms with Gasteiger partial charge in [-0.05, 0) is 19.4 Å². The molecule has 0 aromatic carbocycles. The fourth-order valence-corrected chi connectivity index (χ4v) is 1.14. The first-order valence-electron chi connectivity index (χ1n) is 4.35. The van der Waals surface area contributed by atoms with Gasteiger partial charge in [0.05, 0.1) is 0 Å². The van der Waals surface area contributed by atoms with Crippen LogP contribution < -0.4 is 11.5 Å². The Morgan fingerprint density at radius 1 is 1.20 bits per heavy atom. The van der Waals surface area contributed by atoms with Gasteiger partial charge in [0.15, 0.2) is 0 Å². The highest BCUT2D eigenvalue weighted by atomic mass is 16.4. The zero-order valence-corrected chi connectivity index (χ0v) is 8.05. The summed E-state index contributed by atoms with van der Waals surface area (Å²) >= 11 is 0. The number of hydrogen-bond acceptors (Lipinski definition) is 5. The van der Waals surface area contributed by atoms with Crippen LogP contribution in [-0.4, -0.2) is 40.5 Å². The molecule has 0 heterocycles. The molecule has 0 amide bonds. The van der Waals surface area contributed by atoms with Crippen molar-refractivity contribution in [2.45, 2.75) is 18.9 Å². The van der Waals surface area contributed by atoms with Crippen LogP contribution in [0.4, 0.5) is 0 Å². The Morgan fingerprint density at radius 3 is 2.07 bits per heavy atom. The number of carbonyl (C=O) groups excluding carboxylic acids is 1. The SMILES string of the molecule is NCCC(CC(N)C(=O)O)C(=O)C(=O)O. The first-order chi connectivity index (χ1) is 6.90. The van der Waals surface area contributed by atoms with Crippen LogP contribution in [0.2, 0.25) is 0 Å². The fourth-order valence-electron chi connectivity index (χ4n) is 1.14. The van der Waals surface area contributed by atoms with Gasteiger partial charge in [0.25, 0.3) is 0 Å². The second kappa shape index (κ2) is 6.10. The summed E-state index contributed by atoms with van der Waals surface area (Å²) in [5.41, 5.74) is 10.4. The van der Waals surface area contributed by atoms with E-state index in [0.29, 0.717) is 0 Å². The summed E-state index contributed by atoms with van der Waals surface area (Å²) in [7, 11) is 0. The molecule has 7 nitrogen and oxygen atoms in total. The van der Waals surface area contributed by atoms with Gasteiger partial charge in [-0.25, -0.2) is 4.79 Å². The van der Waals surface area contributed by atoms with Crippen LogP contribution in [0.25, 0.3) is 0 Å². The molecule has 0 saturated heterocycles. The van der Waals surface area contributed by atoms with Gasteiger partial charge in [-0.1, -0.05) is 0 Å². The van der Waals surface area contributed by atoms with Crippen molar-refractivity contribution >= 4 is 17.7 Å². The molecule has 0 bridgehead atoms. The molecule has 0 aliphatic carbocycles. The van der Waals surface area contributed by atoms with E-state index < -0.39 is 29.7 Å². The number of carbonyl (C=O) groups is 3. The van der Waals surface area contributed by atoms with Crippen LogP contribution in [0.3, 0.4) is 0 Å². The van der Waals surface area contributed by atoms with Crippen LogP contribution in [0, 0.1) is 5.92 Å². The summed E-state index contributed by atoms with van der Waals surface area (Å²) in [6.07, 6.45) is -0.0935. The van der Waals surface area contributed by atoms with Crippen molar-refractivity contribution in [2.75, 3.05) is 6.54 Å². The molecule has 0 rings (SSSR count). The highest BCUT2D eigenvalue weighted by Gasteiger charge is 2.28. The zero-order chi connectivity index (χ0) is 12.0. The molecule has 0 aromatic heterocycles. The molecule has 86 valence electrons. The molecule has 6 N–H and O–H groups in total. The third kappa shape index (κ3) is 4.52. The second-order valence-corrected chi connectivity index (χ2v) is 3.12. The average molecular weight is 218 g/mol. The van der Waals surface area contributed by atoms with Crippen LogP contribution in [-0.2, 0) is 14.4 Å². The smallest absolute Gasteiger partial charge is 0.372 e. The lowest BCUT2D eigenvalue weighted by atomic mass is 9.92. The first-order valence-corrected chi connectivity index (χ1v) is 4.35. The Labute approximate surface area is 86.0 Å². The van der Waals surface area contributed by atoms with E-state index in [4.69, 9.17) is 21.7 Å². The third-order valence-corrected chi connectivity index (χ3v) is 1.95. The van der Waals surface area contributed by atoms with Gasteiger partial charge >= 0.3 is 11.9 Å². The summed E-state index contributed by atoms with van der Waals surface area (Å²) in [6.45, 7) is 0.107. The summed E-state index contributed by atoms with van der Waals surface area (Å²) in [6, 6.07) is -1.25. The highest BCUT2D eigenvalue weighted by molar-refractivity contribution is 6.33. The highest BCUT2D eigenvalue weighted by Crippen LogP contribution is 2.11. The minimum Gasteiger partial charge on any atom is -0.480 e. The largest absolute Gasteiger partial charge is 0.480 e. The Bertz CT molecular complexity index is 266. The molecule has 15 heavy (non-hydrogen) atoms. The predicted molar refractivity (Wildman–Crippen MR) is 50.0 cm³/mol. The fraction of sp³-hybridized carbons (Fsp3) is 0.625. The molecule has 7 heteroatoms. The summed E-state index contributed by atoms with van der Waals surface area (Å²) in [5, 5.41) is 17.0. The average Bonchev–Trinajstić information content (AvgIpc) is 2.15. The maximum atomic E-state index is 11.1. The van der Waals surface area contributed by atoms with Crippen molar-refractivity contribution in [1.82, 2.24) is 0 Å². The Morgan fingerprint density at radius 2 is 1.73 bits per heavy atom. The van der Waals surface area contributed by atoms with Crippen molar-refractivity contribution in [3.63, 3.8) is 0 Å². The number of rotatable bonds is 7. The lowest BCUT2D eigenvalue weighted by Gasteiger charge is -2.14. The molecule has 0 aliphatic rings. The van der Waals surface area contributed by atoms with Crippen LogP contribution in [0.15, 0.2) is 0 Å². The first kappa shape index (κ1) is 13.5. The van der Waals surface area contributed by atoms with Gasteiger partial charge in [0.1, 0.15) is 6.04 Å². The molecule has 0 spiro atoms. The van der Waals surface area contributed by atoms with Gasteiger partial charge < -0.3 is 21.7 Å². The van der Waals surface area contributed by atoms with E-state index in [1.807, 2.05) is 0 Å². The molecule has 0 saturated carbocycles. The molecule has 2 atom stereocenters. The van der Waals surface area contributed by atoms with E-state index in [9.17, 15) is 14.4 Å². The molecule has 0 aromatic rings. The normalized spacial score (nSPS) is 14.3. The monoisotopic (exact) mass is 218 g/mol. The maximum Gasteiger partial charge on any atom is 0.372 e. The molecule has 0 radical (unpaired) electrons. The third-order valence-electron chi connectivity index (χ3n) is 1.95. The van der Waals surface area contributed by atoms with Crippen molar-refractivity contribution in [3.05, 3.63) is 0 Å². The Balaban J connectivity index is 4.46. The van der Waals surface area contributed by atoms with Crippen molar-refractivity contribution < 1.29 is 24.6 Å². The van der Waals surface area contributed by atoms with Crippen LogP contribution in [0.1, 0.15) is 12.8 Å². The van der Waals surface area contributed by atoms with Gasteiger partial charge in [0.2, 0.25) is 5.78 Å². The van der Waals surface area contributed by atoms with Crippen LogP contribution >= 0.6 is 0 Å². The number of carboxylic acids is 2. The minimum atomic E-state index is -1.59. The summed E-state index contributed by atoms with van der Waals surface area (Å²) in [5.74, 6) is -4.84. The molecular formula is C8H14N2O5. The van der Waals surface area contributed by atoms with Crippen molar-refractivity contribution in [3.8, 4) is 0 Å². The van der Waals surface area contributed by atoms with Gasteiger partial charge in [-0.15, -0.1) is 0 Å². The van der Waals surface area contributed by atoms with E-state index in [2.05, 4.69) is 0 Å². The van der Waals surface area contributed by atoms with E-state index in [1.165, 1.54) is 0 Å². The summed E-state index contributed by atoms with van der Waals surface area (Å²) < 4.78 is 0. The van der Waals surface area contributed by atoms with E-state index in [1.54, 1.807) is 0 Å². The molecule has 0 aliphatic heterocycles. The molecule has 0 fully saturated rings. The van der Waals surface area contributed by atoms with Gasteiger partial charge in [-0.3, -0.25) is 9.59 Å². The number of Topliss-reactive ketones (excluding diaryl/α,β-unsaturated/α-hetero) is 1. The standard InChI is InChI=1S/C8H14N2O5/c9-2-1-4(6(11)8(14)15)3-5(10)7(12)13/h4-5H,1-3,9-10H2,(H,12,13)(H,14,15). The topological polar surface area (TPSA) is 144 Å². The number of carboxylic acid groups (broad SMARTS) is 2. The van der Waals surface area contributed by atoms with Crippen LogP contribution in [0.5, 0.6) is 0 Å². The number of nitrogens with two attached hydrogens (primary N) is 2. The number of hydrogen-bond donors (Lipinski definition) is 4. The maximum absolute atomic E-state index is 11.1. The number of ketones is 1. The van der Waals surface area contributed by atoms with E-state index >= 15 is 0 Å². The molecular weight excluding hydrogens is 204 g/mol. The zero-order valence-electron chi connectivity index (χ0n) is 8.05. The lowest BCUT2D eigenvalue weighted by Crippen LogP contribution is -2.37.